The minimum Gasteiger partial charge on any atom is -0.294 e. The average Bonchev–Trinajstić information content (AvgIpc) is 3.08. The fourth-order valence-electron chi connectivity index (χ4n) is 3.14. The van der Waals surface area contributed by atoms with Crippen LogP contribution in [0.15, 0.2) is 54.6 Å². The first-order chi connectivity index (χ1) is 11.1. The standard InChI is InChI=1S/C17H13ClN2O3/c18-11-6-8-12(9-7-11)20-14(10-4-2-1-3-5-10)13-15(23-20)17(22)19-16(13)21/h1-9,13-15H,(H,19,21,22)/t13-,14+,15+/m1/s1. The molecule has 0 saturated carbocycles. The van der Waals surface area contributed by atoms with Crippen LogP contribution in [0.4, 0.5) is 5.69 Å². The van der Waals surface area contributed by atoms with Gasteiger partial charge in [-0.25, -0.2) is 5.06 Å². The predicted molar refractivity (Wildman–Crippen MR) is 84.6 cm³/mol. The molecule has 23 heavy (non-hydrogen) atoms. The van der Waals surface area contributed by atoms with Crippen molar-refractivity contribution in [2.24, 2.45) is 5.92 Å². The molecule has 5 nitrogen and oxygen atoms in total. The third-order valence-electron chi connectivity index (χ3n) is 4.18. The lowest BCUT2D eigenvalue weighted by Crippen LogP contribution is -2.33. The van der Waals surface area contributed by atoms with E-state index in [0.29, 0.717) is 5.02 Å². The lowest BCUT2D eigenvalue weighted by atomic mass is 9.91. The summed E-state index contributed by atoms with van der Waals surface area (Å²) in [5, 5.41) is 4.60. The maximum Gasteiger partial charge on any atom is 0.259 e. The molecule has 1 N–H and O–H groups in total. The van der Waals surface area contributed by atoms with Crippen molar-refractivity contribution in [3.05, 3.63) is 65.2 Å². The molecule has 0 bridgehead atoms. The largest absolute Gasteiger partial charge is 0.294 e. The van der Waals surface area contributed by atoms with Gasteiger partial charge in [0, 0.05) is 5.02 Å². The maximum atomic E-state index is 12.2. The number of imide groups is 1. The van der Waals surface area contributed by atoms with Crippen molar-refractivity contribution in [1.29, 1.82) is 0 Å². The number of hydroxylamine groups is 1. The Balaban J connectivity index is 1.80. The molecular formula is C17H13ClN2O3. The number of hydrogen-bond acceptors (Lipinski definition) is 4. The van der Waals surface area contributed by atoms with E-state index in [1.54, 1.807) is 17.2 Å². The maximum absolute atomic E-state index is 12.2. The number of hydrogen-bond donors (Lipinski definition) is 1. The van der Waals surface area contributed by atoms with Gasteiger partial charge >= 0.3 is 0 Å². The molecule has 2 fully saturated rings. The number of halogens is 1. The zero-order valence-corrected chi connectivity index (χ0v) is 12.7. The Morgan fingerprint density at radius 3 is 2.35 bits per heavy atom. The normalized spacial score (nSPS) is 26.3. The zero-order valence-electron chi connectivity index (χ0n) is 12.0. The molecule has 0 unspecified atom stereocenters. The van der Waals surface area contributed by atoms with E-state index in [1.165, 1.54) is 0 Å². The molecule has 116 valence electrons. The molecule has 4 rings (SSSR count). The summed E-state index contributed by atoms with van der Waals surface area (Å²) in [6.45, 7) is 0. The quantitative estimate of drug-likeness (QED) is 0.860. The highest BCUT2D eigenvalue weighted by molar-refractivity contribution is 6.30. The molecule has 2 aromatic carbocycles. The summed E-state index contributed by atoms with van der Waals surface area (Å²) >= 11 is 5.94. The van der Waals surface area contributed by atoms with E-state index in [9.17, 15) is 9.59 Å². The van der Waals surface area contributed by atoms with E-state index in [0.717, 1.165) is 11.3 Å². The summed E-state index contributed by atoms with van der Waals surface area (Å²) in [7, 11) is 0. The second-order valence-corrected chi connectivity index (χ2v) is 6.00. The Morgan fingerprint density at radius 1 is 0.957 bits per heavy atom. The van der Waals surface area contributed by atoms with Gasteiger partial charge in [0.1, 0.15) is 5.92 Å². The number of fused-ring (bicyclic) bond motifs is 1. The van der Waals surface area contributed by atoms with Crippen molar-refractivity contribution in [1.82, 2.24) is 5.32 Å². The number of benzene rings is 2. The molecule has 2 amide bonds. The average molecular weight is 329 g/mol. The van der Waals surface area contributed by atoms with Crippen molar-refractivity contribution in [3.8, 4) is 0 Å². The molecule has 2 saturated heterocycles. The van der Waals surface area contributed by atoms with Crippen LogP contribution < -0.4 is 10.4 Å². The van der Waals surface area contributed by atoms with Gasteiger partial charge in [0.15, 0.2) is 6.10 Å². The van der Waals surface area contributed by atoms with Gasteiger partial charge in [-0.05, 0) is 29.8 Å². The van der Waals surface area contributed by atoms with Crippen LogP contribution in [0.2, 0.25) is 5.02 Å². The van der Waals surface area contributed by atoms with E-state index < -0.39 is 17.9 Å². The van der Waals surface area contributed by atoms with Crippen LogP contribution >= 0.6 is 11.6 Å². The Kier molecular flexibility index (Phi) is 3.32. The van der Waals surface area contributed by atoms with Gasteiger partial charge in [0.2, 0.25) is 5.91 Å². The van der Waals surface area contributed by atoms with Gasteiger partial charge in [-0.3, -0.25) is 19.7 Å². The number of carbonyl (C=O) groups excluding carboxylic acids is 2. The second-order valence-electron chi connectivity index (χ2n) is 5.56. The van der Waals surface area contributed by atoms with Gasteiger partial charge in [-0.15, -0.1) is 0 Å². The van der Waals surface area contributed by atoms with Crippen LogP contribution in [-0.2, 0) is 14.4 Å². The third kappa shape index (κ3) is 2.29. The number of carbonyl (C=O) groups is 2. The van der Waals surface area contributed by atoms with Gasteiger partial charge < -0.3 is 0 Å². The smallest absolute Gasteiger partial charge is 0.259 e. The Bertz CT molecular complexity index is 763. The predicted octanol–water partition coefficient (Wildman–Crippen LogP) is 2.47. The molecule has 2 aromatic rings. The molecule has 0 aromatic heterocycles. The monoisotopic (exact) mass is 328 g/mol. The summed E-state index contributed by atoms with van der Waals surface area (Å²) in [5.74, 6) is -1.26. The molecule has 0 radical (unpaired) electrons. The zero-order chi connectivity index (χ0) is 16.0. The van der Waals surface area contributed by atoms with Crippen LogP contribution in [0.5, 0.6) is 0 Å². The molecule has 2 aliphatic rings. The number of anilines is 1. The summed E-state index contributed by atoms with van der Waals surface area (Å²) in [5.41, 5.74) is 1.66. The molecule has 2 heterocycles. The van der Waals surface area contributed by atoms with E-state index in [4.69, 9.17) is 16.4 Å². The molecule has 0 aliphatic carbocycles. The first-order valence-electron chi connectivity index (χ1n) is 7.26. The van der Waals surface area contributed by atoms with Crippen LogP contribution in [0, 0.1) is 5.92 Å². The van der Waals surface area contributed by atoms with Gasteiger partial charge in [-0.2, -0.15) is 0 Å². The summed E-state index contributed by atoms with van der Waals surface area (Å²) in [6.07, 6.45) is -0.802. The number of rotatable bonds is 2. The van der Waals surface area contributed by atoms with E-state index in [2.05, 4.69) is 5.32 Å². The summed E-state index contributed by atoms with van der Waals surface area (Å²) < 4.78 is 0. The SMILES string of the molecule is O=C1NC(=O)[C@H]2ON(c3ccc(Cl)cc3)[C@@H](c3ccccc3)[C@@H]12. The van der Waals surface area contributed by atoms with Crippen LogP contribution in [-0.4, -0.2) is 17.9 Å². The van der Waals surface area contributed by atoms with Crippen LogP contribution in [0.25, 0.3) is 0 Å². The van der Waals surface area contributed by atoms with Gasteiger partial charge in [0.25, 0.3) is 5.91 Å². The summed E-state index contributed by atoms with van der Waals surface area (Å²) in [6, 6.07) is 16.3. The lowest BCUT2D eigenvalue weighted by molar-refractivity contribution is -0.129. The van der Waals surface area contributed by atoms with Gasteiger partial charge in [0.05, 0.1) is 11.7 Å². The first-order valence-corrected chi connectivity index (χ1v) is 7.64. The van der Waals surface area contributed by atoms with Gasteiger partial charge in [-0.1, -0.05) is 41.9 Å². The molecule has 3 atom stereocenters. The van der Waals surface area contributed by atoms with Crippen molar-refractivity contribution in [2.45, 2.75) is 12.1 Å². The Morgan fingerprint density at radius 2 is 1.65 bits per heavy atom. The van der Waals surface area contributed by atoms with Crippen LogP contribution in [0.1, 0.15) is 11.6 Å². The van der Waals surface area contributed by atoms with Crippen LogP contribution in [0.3, 0.4) is 0 Å². The fraction of sp³-hybridized carbons (Fsp3) is 0.176. The number of amides is 2. The topological polar surface area (TPSA) is 58.6 Å². The highest BCUT2D eigenvalue weighted by Gasteiger charge is 2.56. The van der Waals surface area contributed by atoms with Crippen molar-refractivity contribution < 1.29 is 14.4 Å². The number of nitrogens with zero attached hydrogens (tertiary/aromatic N) is 1. The first kappa shape index (κ1) is 14.2. The highest BCUT2D eigenvalue weighted by Crippen LogP contribution is 2.44. The Hall–Kier alpha value is -2.37. The van der Waals surface area contributed by atoms with E-state index >= 15 is 0 Å². The third-order valence-corrected chi connectivity index (χ3v) is 4.43. The number of nitrogens with one attached hydrogen (secondary N) is 1. The minimum atomic E-state index is -0.802. The highest BCUT2D eigenvalue weighted by atomic mass is 35.5. The van der Waals surface area contributed by atoms with E-state index in [-0.39, 0.29) is 11.9 Å². The molecular weight excluding hydrogens is 316 g/mol. The van der Waals surface area contributed by atoms with E-state index in [1.807, 2.05) is 42.5 Å². The second kappa shape index (κ2) is 5.37. The molecule has 6 heteroatoms. The Labute approximate surface area is 137 Å². The fourth-order valence-corrected chi connectivity index (χ4v) is 3.26. The van der Waals surface area contributed by atoms with Crippen molar-refractivity contribution in [2.75, 3.05) is 5.06 Å². The molecule has 2 aliphatic heterocycles. The molecule has 0 spiro atoms. The van der Waals surface area contributed by atoms with Crippen molar-refractivity contribution in [3.63, 3.8) is 0 Å². The minimum absolute atomic E-state index is 0.301. The van der Waals surface area contributed by atoms with Crippen molar-refractivity contribution >= 4 is 29.1 Å². The lowest BCUT2D eigenvalue weighted by Gasteiger charge is -2.27. The summed E-state index contributed by atoms with van der Waals surface area (Å²) in [4.78, 5) is 30.0.